The summed E-state index contributed by atoms with van der Waals surface area (Å²) in [5.41, 5.74) is 0.643. The Hall–Kier alpha value is -2.74. The fourth-order valence-electron chi connectivity index (χ4n) is 2.70. The van der Waals surface area contributed by atoms with Crippen molar-refractivity contribution >= 4 is 50.5 Å². The van der Waals surface area contributed by atoms with Gasteiger partial charge in [0.05, 0.1) is 33.4 Å². The molecule has 0 unspecified atom stereocenters. The van der Waals surface area contributed by atoms with Gasteiger partial charge >= 0.3 is 0 Å². The van der Waals surface area contributed by atoms with E-state index in [4.69, 9.17) is 27.9 Å². The molecular formula is C21H18Cl2N2O4S. The van der Waals surface area contributed by atoms with Crippen molar-refractivity contribution in [1.82, 2.24) is 0 Å². The molecule has 0 radical (unpaired) electrons. The number of benzene rings is 3. The fourth-order valence-corrected chi connectivity index (χ4v) is 4.47. The topological polar surface area (TPSA) is 75.7 Å². The van der Waals surface area contributed by atoms with Crippen LogP contribution in [0.15, 0.2) is 77.7 Å². The smallest absolute Gasteiger partial charge is 0.264 e. The number of hydrogen-bond acceptors (Lipinski definition) is 4. The zero-order valence-corrected chi connectivity index (χ0v) is 18.2. The highest BCUT2D eigenvalue weighted by atomic mass is 35.5. The molecule has 156 valence electrons. The van der Waals surface area contributed by atoms with Crippen molar-refractivity contribution in [2.45, 2.75) is 4.90 Å². The Morgan fingerprint density at radius 1 is 0.967 bits per heavy atom. The average Bonchev–Trinajstić information content (AvgIpc) is 2.76. The third-order valence-electron chi connectivity index (χ3n) is 4.20. The first-order valence-corrected chi connectivity index (χ1v) is 11.0. The van der Waals surface area contributed by atoms with Crippen LogP contribution in [0.2, 0.25) is 10.0 Å². The monoisotopic (exact) mass is 464 g/mol. The van der Waals surface area contributed by atoms with Crippen LogP contribution in [0.3, 0.4) is 0 Å². The van der Waals surface area contributed by atoms with E-state index in [9.17, 15) is 13.2 Å². The highest BCUT2D eigenvalue weighted by Crippen LogP contribution is 2.30. The molecule has 0 aliphatic heterocycles. The van der Waals surface area contributed by atoms with E-state index in [0.717, 1.165) is 4.31 Å². The minimum atomic E-state index is -4.03. The van der Waals surface area contributed by atoms with E-state index in [-0.39, 0.29) is 14.9 Å². The number of ether oxygens (including phenoxy) is 1. The van der Waals surface area contributed by atoms with E-state index >= 15 is 0 Å². The van der Waals surface area contributed by atoms with Gasteiger partial charge in [-0.05, 0) is 48.5 Å². The molecule has 0 spiro atoms. The summed E-state index contributed by atoms with van der Waals surface area (Å²) in [5, 5.41) is 3.07. The number of carbonyl (C=O) groups excluding carboxylic acids is 1. The zero-order chi connectivity index (χ0) is 21.7. The number of sulfonamides is 1. The number of para-hydroxylation sites is 1. The molecule has 0 atom stereocenters. The van der Waals surface area contributed by atoms with Gasteiger partial charge in [0.2, 0.25) is 5.91 Å². The quantitative estimate of drug-likeness (QED) is 0.542. The predicted octanol–water partition coefficient (Wildman–Crippen LogP) is 4.84. The van der Waals surface area contributed by atoms with Crippen LogP contribution >= 0.6 is 23.2 Å². The summed E-state index contributed by atoms with van der Waals surface area (Å²) >= 11 is 12.1. The van der Waals surface area contributed by atoms with Crippen LogP contribution in [0.1, 0.15) is 0 Å². The van der Waals surface area contributed by atoms with Crippen molar-refractivity contribution in [2.75, 3.05) is 23.3 Å². The Morgan fingerprint density at radius 3 is 2.27 bits per heavy atom. The van der Waals surface area contributed by atoms with Gasteiger partial charge in [-0.3, -0.25) is 9.10 Å². The lowest BCUT2D eigenvalue weighted by molar-refractivity contribution is -0.114. The summed E-state index contributed by atoms with van der Waals surface area (Å²) in [6.07, 6.45) is 0. The van der Waals surface area contributed by atoms with E-state index in [1.165, 1.54) is 19.2 Å². The largest absolute Gasteiger partial charge is 0.497 e. The molecule has 0 bridgehead atoms. The standard InChI is InChI=1S/C21H18Cl2N2O4S/c1-29-16-10-12-17(13-11-16)30(27,28)25(15-6-3-2-4-7-15)14-20(26)24-19-9-5-8-18(22)21(19)23/h2-13H,14H2,1H3,(H,24,26). The van der Waals surface area contributed by atoms with Crippen LogP contribution < -0.4 is 14.4 Å². The average molecular weight is 465 g/mol. The van der Waals surface area contributed by atoms with Crippen LogP contribution in [-0.4, -0.2) is 28.0 Å². The SMILES string of the molecule is COc1ccc(S(=O)(=O)N(CC(=O)Nc2cccc(Cl)c2Cl)c2ccccc2)cc1. The summed E-state index contributed by atoms with van der Waals surface area (Å²) in [7, 11) is -2.54. The summed E-state index contributed by atoms with van der Waals surface area (Å²) < 4.78 is 32.7. The highest BCUT2D eigenvalue weighted by Gasteiger charge is 2.27. The normalized spacial score (nSPS) is 11.0. The van der Waals surface area contributed by atoms with Crippen LogP contribution in [0.25, 0.3) is 0 Å². The lowest BCUT2D eigenvalue weighted by Gasteiger charge is -2.24. The number of anilines is 2. The number of hydrogen-bond donors (Lipinski definition) is 1. The van der Waals surface area contributed by atoms with Crippen LogP contribution in [0.4, 0.5) is 11.4 Å². The number of rotatable bonds is 7. The molecule has 3 aromatic rings. The van der Waals surface area contributed by atoms with Crippen molar-refractivity contribution < 1.29 is 17.9 Å². The minimum absolute atomic E-state index is 0.0285. The van der Waals surface area contributed by atoms with E-state index < -0.39 is 22.5 Å². The Balaban J connectivity index is 1.93. The van der Waals surface area contributed by atoms with Gasteiger partial charge in [-0.2, -0.15) is 0 Å². The molecule has 0 heterocycles. The molecule has 0 fully saturated rings. The molecule has 0 aliphatic rings. The number of nitrogens with zero attached hydrogens (tertiary/aromatic N) is 1. The van der Waals surface area contributed by atoms with Gasteiger partial charge in [0.15, 0.2) is 0 Å². The van der Waals surface area contributed by atoms with Crippen molar-refractivity contribution in [3.8, 4) is 5.75 Å². The summed E-state index contributed by atoms with van der Waals surface area (Å²) in [5.74, 6) is -0.0475. The minimum Gasteiger partial charge on any atom is -0.497 e. The van der Waals surface area contributed by atoms with E-state index in [1.54, 1.807) is 60.7 Å². The Labute approximate surface area is 185 Å². The summed E-state index contributed by atoms with van der Waals surface area (Å²) in [4.78, 5) is 12.7. The fraction of sp³-hybridized carbons (Fsp3) is 0.0952. The Morgan fingerprint density at radius 2 is 1.63 bits per heavy atom. The van der Waals surface area contributed by atoms with Crippen molar-refractivity contribution in [1.29, 1.82) is 0 Å². The second-order valence-corrected chi connectivity index (χ2v) is 8.82. The molecule has 9 heteroatoms. The molecule has 1 N–H and O–H groups in total. The number of methoxy groups -OCH3 is 1. The second kappa shape index (κ2) is 9.38. The highest BCUT2D eigenvalue weighted by molar-refractivity contribution is 7.92. The molecule has 0 aromatic heterocycles. The molecule has 3 rings (SSSR count). The lowest BCUT2D eigenvalue weighted by atomic mass is 10.3. The van der Waals surface area contributed by atoms with Gasteiger partial charge in [-0.25, -0.2) is 8.42 Å². The van der Waals surface area contributed by atoms with Crippen LogP contribution in [0, 0.1) is 0 Å². The lowest BCUT2D eigenvalue weighted by Crippen LogP contribution is -2.38. The van der Waals surface area contributed by atoms with E-state index in [0.29, 0.717) is 17.1 Å². The first-order chi connectivity index (χ1) is 14.3. The van der Waals surface area contributed by atoms with Crippen molar-refractivity contribution in [2.24, 2.45) is 0 Å². The van der Waals surface area contributed by atoms with E-state index in [1.807, 2.05) is 0 Å². The summed E-state index contributed by atoms with van der Waals surface area (Å²) in [6.45, 7) is -0.457. The maximum atomic E-state index is 13.3. The Bertz CT molecular complexity index is 1140. The van der Waals surface area contributed by atoms with Crippen molar-refractivity contribution in [3.63, 3.8) is 0 Å². The maximum absolute atomic E-state index is 13.3. The van der Waals surface area contributed by atoms with Gasteiger partial charge < -0.3 is 10.1 Å². The third-order valence-corrected chi connectivity index (χ3v) is 6.81. The maximum Gasteiger partial charge on any atom is 0.264 e. The third kappa shape index (κ3) is 4.87. The Kier molecular flexibility index (Phi) is 6.87. The van der Waals surface area contributed by atoms with Gasteiger partial charge in [0.1, 0.15) is 12.3 Å². The van der Waals surface area contributed by atoms with E-state index in [2.05, 4.69) is 5.32 Å². The second-order valence-electron chi connectivity index (χ2n) is 6.17. The van der Waals surface area contributed by atoms with Gasteiger partial charge in [0.25, 0.3) is 10.0 Å². The van der Waals surface area contributed by atoms with Crippen LogP contribution in [-0.2, 0) is 14.8 Å². The molecule has 1 amide bonds. The number of carbonyl (C=O) groups is 1. The predicted molar refractivity (Wildman–Crippen MR) is 119 cm³/mol. The molecule has 0 aliphatic carbocycles. The number of nitrogens with one attached hydrogen (secondary N) is 1. The zero-order valence-electron chi connectivity index (χ0n) is 15.9. The summed E-state index contributed by atoms with van der Waals surface area (Å²) in [6, 6.07) is 19.1. The molecule has 30 heavy (non-hydrogen) atoms. The number of amides is 1. The molecule has 0 saturated carbocycles. The molecule has 6 nitrogen and oxygen atoms in total. The molecular weight excluding hydrogens is 447 g/mol. The molecule has 0 saturated heterocycles. The van der Waals surface area contributed by atoms with Gasteiger partial charge in [0, 0.05) is 0 Å². The van der Waals surface area contributed by atoms with Gasteiger partial charge in [-0.1, -0.05) is 47.5 Å². The first-order valence-electron chi connectivity index (χ1n) is 8.78. The number of halogens is 2. The molecule has 3 aromatic carbocycles. The van der Waals surface area contributed by atoms with Crippen molar-refractivity contribution in [3.05, 3.63) is 82.8 Å². The van der Waals surface area contributed by atoms with Gasteiger partial charge in [-0.15, -0.1) is 0 Å². The van der Waals surface area contributed by atoms with Crippen LogP contribution in [0.5, 0.6) is 5.75 Å². The first kappa shape index (κ1) is 22.0.